The Morgan fingerprint density at radius 3 is 2.68 bits per heavy atom. The van der Waals surface area contributed by atoms with Crippen molar-refractivity contribution >= 4 is 49.2 Å². The molecule has 28 heavy (non-hydrogen) atoms. The van der Waals surface area contributed by atoms with Gasteiger partial charge in [0.05, 0.1) is 16.0 Å². The molecule has 4 aromatic rings. The average molecular weight is 455 g/mol. The van der Waals surface area contributed by atoms with E-state index in [0.29, 0.717) is 11.5 Å². The van der Waals surface area contributed by atoms with E-state index >= 15 is 0 Å². The highest BCUT2D eigenvalue weighted by Crippen LogP contribution is 2.37. The van der Waals surface area contributed by atoms with E-state index in [1.54, 1.807) is 11.3 Å². The number of anilines is 2. The topological polar surface area (TPSA) is 80.8 Å². The largest absolute Gasteiger partial charge is 0.383 e. The lowest BCUT2D eigenvalue weighted by atomic mass is 10.0. The molecule has 0 unspecified atom stereocenters. The summed E-state index contributed by atoms with van der Waals surface area (Å²) in [5.41, 5.74) is 9.57. The molecular weight excluding hydrogens is 436 g/mol. The third-order valence-corrected chi connectivity index (χ3v) is 6.12. The van der Waals surface area contributed by atoms with Gasteiger partial charge in [-0.25, -0.2) is 19.9 Å². The molecule has 0 aliphatic heterocycles. The number of nitrogen functional groups attached to an aromatic ring is 1. The van der Waals surface area contributed by atoms with Crippen LogP contribution in [0.25, 0.3) is 32.7 Å². The van der Waals surface area contributed by atoms with Crippen LogP contribution in [0.15, 0.2) is 47.3 Å². The summed E-state index contributed by atoms with van der Waals surface area (Å²) in [5, 5.41) is 1.76. The van der Waals surface area contributed by atoms with Crippen LogP contribution in [-0.2, 0) is 0 Å². The number of benzene rings is 1. The fourth-order valence-corrected chi connectivity index (χ4v) is 4.52. The average Bonchev–Trinajstić information content (AvgIpc) is 3.18. The van der Waals surface area contributed by atoms with Crippen molar-refractivity contribution in [1.29, 1.82) is 0 Å². The van der Waals surface area contributed by atoms with Crippen LogP contribution in [0.1, 0.15) is 13.8 Å². The van der Waals surface area contributed by atoms with Crippen LogP contribution >= 0.6 is 27.3 Å². The molecule has 3 aromatic heterocycles. The summed E-state index contributed by atoms with van der Waals surface area (Å²) in [4.78, 5) is 21.1. The maximum atomic E-state index is 6.18. The molecule has 4 rings (SSSR count). The highest BCUT2D eigenvalue weighted by molar-refractivity contribution is 9.10. The quantitative estimate of drug-likeness (QED) is 0.456. The van der Waals surface area contributed by atoms with Crippen molar-refractivity contribution in [2.24, 2.45) is 0 Å². The Balaban J connectivity index is 1.92. The zero-order valence-electron chi connectivity index (χ0n) is 15.6. The van der Waals surface area contributed by atoms with E-state index in [0.717, 1.165) is 49.8 Å². The summed E-state index contributed by atoms with van der Waals surface area (Å²) in [6.07, 6.45) is 3.33. The summed E-state index contributed by atoms with van der Waals surface area (Å²) >= 11 is 5.18. The van der Waals surface area contributed by atoms with Crippen molar-refractivity contribution in [3.8, 4) is 21.7 Å². The van der Waals surface area contributed by atoms with Crippen LogP contribution in [-0.4, -0.2) is 33.0 Å². The number of nitrogens with two attached hydrogens (primary N) is 1. The van der Waals surface area contributed by atoms with E-state index in [1.807, 2.05) is 30.5 Å². The molecule has 0 fully saturated rings. The molecule has 0 saturated carbocycles. The van der Waals surface area contributed by atoms with Crippen molar-refractivity contribution in [2.75, 3.05) is 23.7 Å². The van der Waals surface area contributed by atoms with E-state index in [1.165, 1.54) is 6.33 Å². The van der Waals surface area contributed by atoms with Gasteiger partial charge in [-0.3, -0.25) is 0 Å². The number of halogens is 1. The Hall–Kier alpha value is -2.58. The van der Waals surface area contributed by atoms with Crippen LogP contribution in [0.5, 0.6) is 0 Å². The third-order valence-electron chi connectivity index (χ3n) is 4.55. The fourth-order valence-electron chi connectivity index (χ4n) is 3.12. The van der Waals surface area contributed by atoms with Crippen molar-refractivity contribution in [1.82, 2.24) is 19.9 Å². The SMILES string of the molecule is CCN(CC)c1ncc(-c2cc(-c3cccc(Br)c3)c3c(N)ncnc3n2)s1. The van der Waals surface area contributed by atoms with Crippen LogP contribution in [0, 0.1) is 0 Å². The second-order valence-electron chi connectivity index (χ2n) is 6.20. The summed E-state index contributed by atoms with van der Waals surface area (Å²) in [5.74, 6) is 0.423. The molecule has 0 bridgehead atoms. The molecule has 1 aromatic carbocycles. The first-order valence-corrected chi connectivity index (χ1v) is 10.6. The minimum absolute atomic E-state index is 0.423. The zero-order chi connectivity index (χ0) is 19.7. The highest BCUT2D eigenvalue weighted by atomic mass is 79.9. The van der Waals surface area contributed by atoms with Crippen LogP contribution in [0.3, 0.4) is 0 Å². The molecule has 0 amide bonds. The molecule has 0 aliphatic rings. The van der Waals surface area contributed by atoms with Crippen LogP contribution in [0.4, 0.5) is 10.9 Å². The predicted octanol–water partition coefficient (Wildman–Crippen LogP) is 5.01. The van der Waals surface area contributed by atoms with Crippen LogP contribution < -0.4 is 10.6 Å². The Morgan fingerprint density at radius 1 is 1.11 bits per heavy atom. The standard InChI is InChI=1S/C20H19BrN6S/c1-3-27(4-2)20-23-10-16(28-20)15-9-14(12-6-5-7-13(21)8-12)17-18(22)24-11-25-19(17)26-15/h5-11H,3-4H2,1-2H3,(H2,22,24,25,26). The molecule has 0 atom stereocenters. The maximum absolute atomic E-state index is 6.18. The summed E-state index contributed by atoms with van der Waals surface area (Å²) in [7, 11) is 0. The van der Waals surface area contributed by atoms with Gasteiger partial charge in [0, 0.05) is 23.8 Å². The van der Waals surface area contributed by atoms with E-state index in [-0.39, 0.29) is 0 Å². The number of rotatable bonds is 5. The first-order chi connectivity index (χ1) is 13.6. The lowest BCUT2D eigenvalue weighted by Crippen LogP contribution is -2.21. The second kappa shape index (κ2) is 7.81. The molecule has 2 N–H and O–H groups in total. The first-order valence-electron chi connectivity index (χ1n) is 8.99. The van der Waals surface area contributed by atoms with Crippen molar-refractivity contribution in [3.05, 3.63) is 47.3 Å². The minimum atomic E-state index is 0.423. The summed E-state index contributed by atoms with van der Waals surface area (Å²) < 4.78 is 0.994. The second-order valence-corrected chi connectivity index (χ2v) is 8.13. The van der Waals surface area contributed by atoms with E-state index in [2.05, 4.69) is 55.7 Å². The third kappa shape index (κ3) is 3.45. The van der Waals surface area contributed by atoms with Gasteiger partial charge in [0.15, 0.2) is 10.8 Å². The lowest BCUT2D eigenvalue weighted by molar-refractivity contribution is 0.860. The van der Waals surface area contributed by atoms with Crippen molar-refractivity contribution < 1.29 is 0 Å². The maximum Gasteiger partial charge on any atom is 0.185 e. The smallest absolute Gasteiger partial charge is 0.185 e. The van der Waals surface area contributed by atoms with Gasteiger partial charge in [0.25, 0.3) is 0 Å². The van der Waals surface area contributed by atoms with E-state index in [4.69, 9.17) is 10.7 Å². The van der Waals surface area contributed by atoms with Gasteiger partial charge in [0.1, 0.15) is 12.1 Å². The predicted molar refractivity (Wildman–Crippen MR) is 120 cm³/mol. The zero-order valence-corrected chi connectivity index (χ0v) is 18.0. The molecule has 0 saturated heterocycles. The Morgan fingerprint density at radius 2 is 1.93 bits per heavy atom. The monoisotopic (exact) mass is 454 g/mol. The van der Waals surface area contributed by atoms with Gasteiger partial charge in [-0.2, -0.15) is 0 Å². The Bertz CT molecular complexity index is 1140. The number of thiazole rings is 1. The molecule has 0 spiro atoms. The number of pyridine rings is 1. The number of hydrogen-bond acceptors (Lipinski definition) is 7. The van der Waals surface area contributed by atoms with Crippen LogP contribution in [0.2, 0.25) is 0 Å². The lowest BCUT2D eigenvalue weighted by Gasteiger charge is -2.16. The summed E-state index contributed by atoms with van der Waals surface area (Å²) in [6, 6.07) is 10.1. The Labute approximate surface area is 175 Å². The van der Waals surface area contributed by atoms with Gasteiger partial charge < -0.3 is 10.6 Å². The highest BCUT2D eigenvalue weighted by Gasteiger charge is 2.16. The normalized spacial score (nSPS) is 11.1. The molecule has 0 aliphatic carbocycles. The van der Waals surface area contributed by atoms with Gasteiger partial charge in [-0.15, -0.1) is 0 Å². The van der Waals surface area contributed by atoms with E-state index in [9.17, 15) is 0 Å². The minimum Gasteiger partial charge on any atom is -0.383 e. The number of hydrogen-bond donors (Lipinski definition) is 1. The van der Waals surface area contributed by atoms with Gasteiger partial charge in [0.2, 0.25) is 0 Å². The van der Waals surface area contributed by atoms with Crippen molar-refractivity contribution in [3.63, 3.8) is 0 Å². The Kier molecular flexibility index (Phi) is 5.23. The van der Waals surface area contributed by atoms with Crippen molar-refractivity contribution in [2.45, 2.75) is 13.8 Å². The molecule has 8 heteroatoms. The van der Waals surface area contributed by atoms with Gasteiger partial charge in [-0.1, -0.05) is 39.4 Å². The van der Waals surface area contributed by atoms with Gasteiger partial charge in [-0.05, 0) is 43.2 Å². The molecule has 0 radical (unpaired) electrons. The number of fused-ring (bicyclic) bond motifs is 1. The first kappa shape index (κ1) is 18.8. The number of aromatic nitrogens is 4. The number of nitrogens with zero attached hydrogens (tertiary/aromatic N) is 5. The molecular formula is C20H19BrN6S. The van der Waals surface area contributed by atoms with E-state index < -0.39 is 0 Å². The molecule has 142 valence electrons. The molecule has 6 nitrogen and oxygen atoms in total. The van der Waals surface area contributed by atoms with Gasteiger partial charge >= 0.3 is 0 Å². The fraction of sp³-hybridized carbons (Fsp3) is 0.200. The molecule has 3 heterocycles. The summed E-state index contributed by atoms with van der Waals surface area (Å²) in [6.45, 7) is 6.09.